The van der Waals surface area contributed by atoms with Gasteiger partial charge in [-0.1, -0.05) is 26.0 Å². The minimum atomic E-state index is -4.45. The van der Waals surface area contributed by atoms with Crippen LogP contribution in [0.3, 0.4) is 0 Å². The van der Waals surface area contributed by atoms with Gasteiger partial charge < -0.3 is 20.3 Å². The van der Waals surface area contributed by atoms with Gasteiger partial charge in [-0.05, 0) is 85.8 Å². The van der Waals surface area contributed by atoms with Crippen LogP contribution in [0.4, 0.5) is 24.7 Å². The molecule has 0 spiro atoms. The molecule has 0 radical (unpaired) electrons. The Hall–Kier alpha value is -3.66. The molecule has 4 rings (SSSR count). The van der Waals surface area contributed by atoms with Gasteiger partial charge >= 0.3 is 6.18 Å². The van der Waals surface area contributed by atoms with Crippen LogP contribution in [0.15, 0.2) is 60.9 Å². The largest absolute Gasteiger partial charge is 0.468 e. The van der Waals surface area contributed by atoms with Crippen molar-refractivity contribution in [3.05, 3.63) is 77.6 Å². The number of halogens is 3. The van der Waals surface area contributed by atoms with E-state index in [1.165, 1.54) is 30.7 Å². The van der Waals surface area contributed by atoms with Gasteiger partial charge in [-0.25, -0.2) is 9.97 Å². The number of rotatable bonds is 9. The number of carbonyl (C=O) groups excluding carboxylic acids is 1. The van der Waals surface area contributed by atoms with Crippen molar-refractivity contribution in [1.82, 2.24) is 14.9 Å². The van der Waals surface area contributed by atoms with Gasteiger partial charge in [-0.3, -0.25) is 4.79 Å². The summed E-state index contributed by atoms with van der Waals surface area (Å²) in [6, 6.07) is 14.4. The molecular formula is C29H34F3N5O2. The molecule has 1 aliphatic rings. The van der Waals surface area contributed by atoms with Crippen LogP contribution in [-0.2, 0) is 12.0 Å². The van der Waals surface area contributed by atoms with Crippen LogP contribution in [0.1, 0.15) is 48.2 Å². The number of nitrogens with zero attached hydrogens (tertiary/aromatic N) is 3. The molecule has 0 aliphatic carbocycles. The normalized spacial score (nSPS) is 15.1. The van der Waals surface area contributed by atoms with Crippen molar-refractivity contribution >= 4 is 17.4 Å². The van der Waals surface area contributed by atoms with Crippen LogP contribution in [0, 0.1) is 5.92 Å². The van der Waals surface area contributed by atoms with E-state index in [-0.39, 0.29) is 23.7 Å². The number of alkyl halides is 3. The van der Waals surface area contributed by atoms with E-state index in [1.807, 2.05) is 12.1 Å². The Bertz CT molecular complexity index is 1260. The van der Waals surface area contributed by atoms with Crippen LogP contribution in [0.5, 0.6) is 5.88 Å². The summed E-state index contributed by atoms with van der Waals surface area (Å²) in [5, 5.41) is 6.02. The molecule has 0 bridgehead atoms. The van der Waals surface area contributed by atoms with Gasteiger partial charge in [0.05, 0.1) is 5.56 Å². The lowest BCUT2D eigenvalue weighted by Crippen LogP contribution is -2.39. The highest BCUT2D eigenvalue weighted by atomic mass is 19.4. The van der Waals surface area contributed by atoms with Gasteiger partial charge in [-0.15, -0.1) is 0 Å². The lowest BCUT2D eigenvalue weighted by atomic mass is 9.69. The number of hydrogen-bond donors (Lipinski definition) is 2. The fourth-order valence-electron chi connectivity index (χ4n) is 4.86. The van der Waals surface area contributed by atoms with Crippen LogP contribution in [0.2, 0.25) is 0 Å². The van der Waals surface area contributed by atoms with Gasteiger partial charge in [0.2, 0.25) is 5.88 Å². The first-order valence-electron chi connectivity index (χ1n) is 12.9. The van der Waals surface area contributed by atoms with Crippen LogP contribution < -0.4 is 15.4 Å². The molecule has 7 nitrogen and oxygen atoms in total. The van der Waals surface area contributed by atoms with Crippen LogP contribution in [0.25, 0.3) is 0 Å². The zero-order chi connectivity index (χ0) is 28.0. The minimum Gasteiger partial charge on any atom is -0.468 e. The second-order valence-corrected chi connectivity index (χ2v) is 10.5. The number of benzene rings is 1. The molecule has 3 heterocycles. The highest BCUT2D eigenvalue weighted by molar-refractivity contribution is 6.07. The highest BCUT2D eigenvalue weighted by Gasteiger charge is 2.33. The maximum atomic E-state index is 13.1. The maximum absolute atomic E-state index is 13.1. The zero-order valence-corrected chi connectivity index (χ0v) is 22.4. The Kier molecular flexibility index (Phi) is 8.74. The third-order valence-corrected chi connectivity index (χ3v) is 7.32. The topological polar surface area (TPSA) is 79.4 Å². The maximum Gasteiger partial charge on any atom is 0.422 e. The molecule has 2 aromatic heterocycles. The number of piperidine rings is 1. The van der Waals surface area contributed by atoms with Crippen molar-refractivity contribution in [2.75, 3.05) is 37.4 Å². The summed E-state index contributed by atoms with van der Waals surface area (Å²) in [6.07, 6.45) is 0.811. The second kappa shape index (κ2) is 12.0. The molecule has 1 saturated heterocycles. The first-order chi connectivity index (χ1) is 18.5. The van der Waals surface area contributed by atoms with E-state index in [4.69, 9.17) is 4.74 Å². The van der Waals surface area contributed by atoms with Gasteiger partial charge in [0.1, 0.15) is 5.82 Å². The van der Waals surface area contributed by atoms with Gasteiger partial charge in [0, 0.05) is 30.7 Å². The lowest BCUT2D eigenvalue weighted by molar-refractivity contribution is -0.154. The van der Waals surface area contributed by atoms with E-state index in [1.54, 1.807) is 24.4 Å². The number of ether oxygens (including phenoxy) is 1. The quantitative estimate of drug-likeness (QED) is 0.351. The van der Waals surface area contributed by atoms with Gasteiger partial charge in [-0.2, -0.15) is 13.2 Å². The molecule has 208 valence electrons. The molecule has 1 fully saturated rings. The average Bonchev–Trinajstić information content (AvgIpc) is 2.91. The minimum absolute atomic E-state index is 0.0366. The van der Waals surface area contributed by atoms with Crippen molar-refractivity contribution in [1.29, 1.82) is 0 Å². The molecular weight excluding hydrogens is 507 g/mol. The summed E-state index contributed by atoms with van der Waals surface area (Å²) in [5.74, 6) is 0.500. The van der Waals surface area contributed by atoms with Crippen molar-refractivity contribution < 1.29 is 22.7 Å². The van der Waals surface area contributed by atoms with E-state index < -0.39 is 12.8 Å². The zero-order valence-electron chi connectivity index (χ0n) is 22.4. The van der Waals surface area contributed by atoms with E-state index in [2.05, 4.69) is 58.5 Å². The van der Waals surface area contributed by atoms with E-state index in [0.717, 1.165) is 13.1 Å². The number of amides is 1. The average molecular weight is 542 g/mol. The van der Waals surface area contributed by atoms with Crippen molar-refractivity contribution in [3.8, 4) is 5.88 Å². The standard InChI is InChI=1S/C29H34F3N5O2/c1-28(2,22-11-15-37(3)16-12-22)21-6-8-23(9-7-21)36-27(38)24-5-4-13-34-26(24)35-18-20-10-14-33-25(17-20)39-19-29(30,31)32/h4-10,13-14,17,22H,11-12,15-16,18-19H2,1-3H3,(H,34,35)(H,36,38). The monoisotopic (exact) mass is 541 g/mol. The van der Waals surface area contributed by atoms with E-state index in [0.29, 0.717) is 28.6 Å². The van der Waals surface area contributed by atoms with Crippen LogP contribution >= 0.6 is 0 Å². The number of anilines is 2. The Morgan fingerprint density at radius 2 is 1.77 bits per heavy atom. The predicted octanol–water partition coefficient (Wildman–Crippen LogP) is 5.90. The predicted molar refractivity (Wildman–Crippen MR) is 145 cm³/mol. The Morgan fingerprint density at radius 1 is 1.05 bits per heavy atom. The first-order valence-corrected chi connectivity index (χ1v) is 12.9. The summed E-state index contributed by atoms with van der Waals surface area (Å²) in [4.78, 5) is 23.6. The molecule has 0 atom stereocenters. The third kappa shape index (κ3) is 7.69. The number of aromatic nitrogens is 2. The third-order valence-electron chi connectivity index (χ3n) is 7.32. The fourth-order valence-corrected chi connectivity index (χ4v) is 4.86. The van der Waals surface area contributed by atoms with Crippen molar-refractivity contribution in [3.63, 3.8) is 0 Å². The van der Waals surface area contributed by atoms with E-state index in [9.17, 15) is 18.0 Å². The molecule has 0 unspecified atom stereocenters. The molecule has 2 N–H and O–H groups in total. The summed E-state index contributed by atoms with van der Waals surface area (Å²) in [7, 11) is 2.16. The van der Waals surface area contributed by atoms with Crippen LogP contribution in [-0.4, -0.2) is 53.7 Å². The van der Waals surface area contributed by atoms with Crippen molar-refractivity contribution in [2.24, 2.45) is 5.92 Å². The van der Waals surface area contributed by atoms with Crippen molar-refractivity contribution in [2.45, 2.75) is 44.8 Å². The van der Waals surface area contributed by atoms with Gasteiger partial charge in [0.25, 0.3) is 5.91 Å². The first kappa shape index (κ1) is 28.4. The molecule has 39 heavy (non-hydrogen) atoms. The Balaban J connectivity index is 1.38. The highest BCUT2D eigenvalue weighted by Crippen LogP contribution is 2.38. The number of likely N-dealkylation sites (tertiary alicyclic amines) is 1. The summed E-state index contributed by atoms with van der Waals surface area (Å²) in [5.41, 5.74) is 2.93. The number of hydrogen-bond acceptors (Lipinski definition) is 6. The smallest absolute Gasteiger partial charge is 0.422 e. The second-order valence-electron chi connectivity index (χ2n) is 10.5. The molecule has 3 aromatic rings. The SMILES string of the molecule is CN1CCC(C(C)(C)c2ccc(NC(=O)c3cccnc3NCc3ccnc(OCC(F)(F)F)c3)cc2)CC1. The molecule has 1 amide bonds. The lowest BCUT2D eigenvalue weighted by Gasteiger charge is -2.40. The number of pyridine rings is 2. The van der Waals surface area contributed by atoms with E-state index >= 15 is 0 Å². The number of carbonyl (C=O) groups is 1. The Labute approximate surface area is 226 Å². The fraction of sp³-hybridized carbons (Fsp3) is 0.414. The molecule has 1 aromatic carbocycles. The number of nitrogens with one attached hydrogen (secondary N) is 2. The van der Waals surface area contributed by atoms with Gasteiger partial charge in [0.15, 0.2) is 6.61 Å². The molecule has 10 heteroatoms. The molecule has 0 saturated carbocycles. The summed E-state index contributed by atoms with van der Waals surface area (Å²) >= 11 is 0. The summed E-state index contributed by atoms with van der Waals surface area (Å²) in [6.45, 7) is 5.59. The molecule has 1 aliphatic heterocycles. The Morgan fingerprint density at radius 3 is 2.46 bits per heavy atom. The summed E-state index contributed by atoms with van der Waals surface area (Å²) < 4.78 is 42.0.